The fraction of sp³-hybridized carbons (Fsp3) is 0.375. The zero-order valence-electron chi connectivity index (χ0n) is 24.9. The van der Waals surface area contributed by atoms with Gasteiger partial charge in [0.2, 0.25) is 26.0 Å². The highest BCUT2D eigenvalue weighted by molar-refractivity contribution is 7.89. The molecular formula is C32H39N3O7S2. The molecule has 3 aromatic rings. The third-order valence-electron chi connectivity index (χ3n) is 8.02. The Labute approximate surface area is 259 Å². The summed E-state index contributed by atoms with van der Waals surface area (Å²) in [5, 5.41) is 11.9. The summed E-state index contributed by atoms with van der Waals surface area (Å²) >= 11 is 0. The van der Waals surface area contributed by atoms with Gasteiger partial charge in [-0.3, -0.25) is 9.59 Å². The van der Waals surface area contributed by atoms with E-state index in [2.05, 4.69) is 5.32 Å². The second-order valence-corrected chi connectivity index (χ2v) is 15.0. The van der Waals surface area contributed by atoms with Gasteiger partial charge in [0.05, 0.1) is 21.6 Å². The van der Waals surface area contributed by atoms with Crippen molar-refractivity contribution in [2.75, 3.05) is 31.5 Å². The quantitative estimate of drug-likeness (QED) is 0.387. The number of piperidine rings is 2. The molecule has 0 aliphatic carbocycles. The van der Waals surface area contributed by atoms with Crippen LogP contribution in [0, 0.1) is 25.7 Å². The highest BCUT2D eigenvalue weighted by Crippen LogP contribution is 2.26. The Bertz CT molecular complexity index is 1660. The van der Waals surface area contributed by atoms with E-state index in [1.54, 1.807) is 48.5 Å². The second kappa shape index (κ2) is 14.5. The van der Waals surface area contributed by atoms with E-state index in [0.717, 1.165) is 11.3 Å². The van der Waals surface area contributed by atoms with Crippen LogP contribution in [0.2, 0.25) is 0 Å². The van der Waals surface area contributed by atoms with E-state index >= 15 is 0 Å². The van der Waals surface area contributed by atoms with E-state index < -0.39 is 31.9 Å². The van der Waals surface area contributed by atoms with Gasteiger partial charge in [-0.25, -0.2) is 16.8 Å². The molecule has 0 radical (unpaired) electrons. The molecule has 2 atom stereocenters. The maximum atomic E-state index is 12.8. The molecule has 44 heavy (non-hydrogen) atoms. The molecule has 3 aromatic carbocycles. The van der Waals surface area contributed by atoms with Gasteiger partial charge in [-0.1, -0.05) is 42.5 Å². The van der Waals surface area contributed by atoms with Crippen LogP contribution in [0.5, 0.6) is 0 Å². The molecule has 12 heteroatoms. The van der Waals surface area contributed by atoms with Crippen molar-refractivity contribution in [3.8, 4) is 0 Å². The molecule has 0 saturated carbocycles. The zero-order chi connectivity index (χ0) is 31.9. The van der Waals surface area contributed by atoms with Gasteiger partial charge in [-0.05, 0) is 87.1 Å². The van der Waals surface area contributed by atoms with Crippen LogP contribution < -0.4 is 5.32 Å². The molecule has 0 bridgehead atoms. The fourth-order valence-corrected chi connectivity index (χ4v) is 8.37. The number of anilines is 1. The molecule has 0 aromatic heterocycles. The van der Waals surface area contributed by atoms with E-state index in [9.17, 15) is 26.4 Å². The van der Waals surface area contributed by atoms with Gasteiger partial charge >= 0.3 is 5.97 Å². The lowest BCUT2D eigenvalue weighted by molar-refractivity contribution is -0.142. The van der Waals surface area contributed by atoms with Crippen LogP contribution >= 0.6 is 0 Å². The Morgan fingerprint density at radius 3 is 1.66 bits per heavy atom. The topological polar surface area (TPSA) is 141 Å². The molecule has 10 nitrogen and oxygen atoms in total. The van der Waals surface area contributed by atoms with Crippen molar-refractivity contribution in [3.05, 3.63) is 90.0 Å². The Morgan fingerprint density at radius 2 is 1.18 bits per heavy atom. The van der Waals surface area contributed by atoms with Crippen LogP contribution in [0.15, 0.2) is 88.7 Å². The lowest BCUT2D eigenvalue weighted by Crippen LogP contribution is -2.43. The van der Waals surface area contributed by atoms with Crippen LogP contribution in [0.25, 0.3) is 0 Å². The SMILES string of the molecule is Cc1ccc(NC(=O)[C@H]2CCCN(S(=O)(=O)c3ccccc3)C2)cc1C.O=C(O)[C@H]1CCCN(S(=O)(=O)c2ccccc2)C1. The third kappa shape index (κ3) is 8.12. The molecule has 0 unspecified atom stereocenters. The summed E-state index contributed by atoms with van der Waals surface area (Å²) in [6.07, 6.45) is 2.49. The van der Waals surface area contributed by atoms with E-state index in [-0.39, 0.29) is 34.7 Å². The number of nitrogens with zero attached hydrogens (tertiary/aromatic N) is 2. The van der Waals surface area contributed by atoms with Gasteiger partial charge in [0.15, 0.2) is 0 Å². The molecule has 236 valence electrons. The van der Waals surface area contributed by atoms with Crippen LogP contribution in [0.1, 0.15) is 36.8 Å². The molecule has 2 aliphatic rings. The highest BCUT2D eigenvalue weighted by Gasteiger charge is 2.34. The van der Waals surface area contributed by atoms with Gasteiger partial charge < -0.3 is 10.4 Å². The monoisotopic (exact) mass is 641 g/mol. The first kappa shape index (κ1) is 33.3. The number of sulfonamides is 2. The lowest BCUT2D eigenvalue weighted by Gasteiger charge is -2.31. The molecule has 2 fully saturated rings. The Kier molecular flexibility index (Phi) is 11.0. The van der Waals surface area contributed by atoms with Crippen molar-refractivity contribution >= 4 is 37.6 Å². The van der Waals surface area contributed by atoms with Crippen LogP contribution in [0.4, 0.5) is 5.69 Å². The smallest absolute Gasteiger partial charge is 0.307 e. The van der Waals surface area contributed by atoms with E-state index in [4.69, 9.17) is 5.11 Å². The summed E-state index contributed by atoms with van der Waals surface area (Å²) in [5.41, 5.74) is 3.03. The van der Waals surface area contributed by atoms with E-state index in [1.807, 2.05) is 32.0 Å². The van der Waals surface area contributed by atoms with Crippen molar-refractivity contribution in [3.63, 3.8) is 0 Å². The molecular weight excluding hydrogens is 603 g/mol. The Balaban J connectivity index is 0.000000215. The minimum Gasteiger partial charge on any atom is -0.481 e. The maximum absolute atomic E-state index is 12.8. The van der Waals surface area contributed by atoms with Gasteiger partial charge in [0, 0.05) is 31.9 Å². The normalized spacial score (nSPS) is 19.8. The molecule has 2 aliphatic heterocycles. The number of aliphatic carboxylic acids is 1. The van der Waals surface area contributed by atoms with Crippen molar-refractivity contribution in [1.29, 1.82) is 0 Å². The number of hydrogen-bond acceptors (Lipinski definition) is 6. The predicted octanol–water partition coefficient (Wildman–Crippen LogP) is 4.51. The zero-order valence-corrected chi connectivity index (χ0v) is 26.6. The number of carbonyl (C=O) groups excluding carboxylic acids is 1. The number of rotatable bonds is 7. The summed E-state index contributed by atoms with van der Waals surface area (Å²) in [4.78, 5) is 24.1. The predicted molar refractivity (Wildman–Crippen MR) is 168 cm³/mol. The third-order valence-corrected chi connectivity index (χ3v) is 11.8. The van der Waals surface area contributed by atoms with E-state index in [0.29, 0.717) is 38.8 Å². The van der Waals surface area contributed by atoms with Gasteiger partial charge in [-0.15, -0.1) is 0 Å². The summed E-state index contributed by atoms with van der Waals surface area (Å²) in [6, 6.07) is 22.3. The first-order valence-electron chi connectivity index (χ1n) is 14.6. The molecule has 2 N–H and O–H groups in total. The number of carbonyl (C=O) groups is 2. The van der Waals surface area contributed by atoms with Gasteiger partial charge in [0.25, 0.3) is 0 Å². The van der Waals surface area contributed by atoms with Crippen LogP contribution in [0.3, 0.4) is 0 Å². The maximum Gasteiger partial charge on any atom is 0.307 e. The number of benzene rings is 3. The van der Waals surface area contributed by atoms with Gasteiger partial charge in [0.1, 0.15) is 0 Å². The number of carboxylic acid groups (broad SMARTS) is 1. The summed E-state index contributed by atoms with van der Waals surface area (Å²) in [5.74, 6) is -2.00. The molecule has 5 rings (SSSR count). The van der Waals surface area contributed by atoms with Crippen LogP contribution in [-0.2, 0) is 29.6 Å². The lowest BCUT2D eigenvalue weighted by atomic mass is 9.98. The first-order chi connectivity index (χ1) is 20.9. The highest BCUT2D eigenvalue weighted by atomic mass is 32.2. The largest absolute Gasteiger partial charge is 0.481 e. The number of amides is 1. The van der Waals surface area contributed by atoms with Crippen LogP contribution in [-0.4, -0.2) is 68.6 Å². The second-order valence-electron chi connectivity index (χ2n) is 11.2. The minimum absolute atomic E-state index is 0.0621. The number of nitrogens with one attached hydrogen (secondary N) is 1. The minimum atomic E-state index is -3.56. The molecule has 1 amide bonds. The van der Waals surface area contributed by atoms with Crippen molar-refractivity contribution in [1.82, 2.24) is 8.61 Å². The molecule has 0 spiro atoms. The standard InChI is InChI=1S/C20H24N2O3S.C12H15NO4S/c1-15-10-11-18(13-16(15)2)21-20(23)17-7-6-12-22(14-17)26(24,25)19-8-4-3-5-9-19;14-12(15)10-5-4-8-13(9-10)18(16,17)11-6-2-1-3-7-11/h3-5,8-11,13,17H,6-7,12,14H2,1-2H3,(H,21,23);1-3,6-7,10H,4-5,8-9H2,(H,14,15)/t17-;10-/m00/s1. The Hall–Kier alpha value is -3.58. The van der Waals surface area contributed by atoms with Crippen molar-refractivity contribution in [2.24, 2.45) is 11.8 Å². The van der Waals surface area contributed by atoms with Crippen molar-refractivity contribution in [2.45, 2.75) is 49.3 Å². The average molecular weight is 642 g/mol. The number of aryl methyl sites for hydroxylation is 2. The number of carboxylic acids is 1. The average Bonchev–Trinajstić information content (AvgIpc) is 3.04. The summed E-state index contributed by atoms with van der Waals surface area (Å²) < 4.78 is 52.9. The summed E-state index contributed by atoms with van der Waals surface area (Å²) in [6.45, 7) is 5.14. The molecule has 2 saturated heterocycles. The van der Waals surface area contributed by atoms with Gasteiger partial charge in [-0.2, -0.15) is 8.61 Å². The Morgan fingerprint density at radius 1 is 0.705 bits per heavy atom. The molecule has 2 heterocycles. The number of hydrogen-bond donors (Lipinski definition) is 2. The van der Waals surface area contributed by atoms with E-state index in [1.165, 1.54) is 26.3 Å². The first-order valence-corrected chi connectivity index (χ1v) is 17.5. The fourth-order valence-electron chi connectivity index (χ4n) is 5.28. The van der Waals surface area contributed by atoms with Crippen molar-refractivity contribution < 1.29 is 31.5 Å². The summed E-state index contributed by atoms with van der Waals surface area (Å²) in [7, 11) is -7.12.